The standard InChI is InChI=1S/C19H22N4O5/c1-23(2,27)12-6-11-21(24)18-13-7-4-5-8-14(13)20-15-9-10-16(28-3)19(17(15)18)22(25)26/h4-5,7-10,21H,6,11-12H2,1-3H3. The number of pyridine rings is 1. The minimum atomic E-state index is -0.550. The third-order valence-electron chi connectivity index (χ3n) is 4.56. The summed E-state index contributed by atoms with van der Waals surface area (Å²) in [5.74, 6) is 0.0704. The summed E-state index contributed by atoms with van der Waals surface area (Å²) in [7, 11) is 4.37. The lowest BCUT2D eigenvalue weighted by atomic mass is 10.0. The van der Waals surface area contributed by atoms with Gasteiger partial charge in [0.15, 0.2) is 11.4 Å². The molecule has 0 amide bonds. The summed E-state index contributed by atoms with van der Waals surface area (Å²) in [5, 5.41) is 37.2. The van der Waals surface area contributed by atoms with Gasteiger partial charge in [0.1, 0.15) is 5.39 Å². The van der Waals surface area contributed by atoms with E-state index in [9.17, 15) is 20.5 Å². The Labute approximate surface area is 161 Å². The second-order valence-electron chi connectivity index (χ2n) is 7.10. The van der Waals surface area contributed by atoms with Gasteiger partial charge >= 0.3 is 5.69 Å². The van der Waals surface area contributed by atoms with Gasteiger partial charge in [-0.05, 0) is 24.3 Å². The Balaban J connectivity index is 2.25. The first kappa shape index (κ1) is 19.9. The summed E-state index contributed by atoms with van der Waals surface area (Å²) in [5.41, 5.74) is 0.913. The molecule has 9 nitrogen and oxygen atoms in total. The highest BCUT2D eigenvalue weighted by atomic mass is 16.6. The zero-order chi connectivity index (χ0) is 20.5. The summed E-state index contributed by atoms with van der Waals surface area (Å²) in [6.45, 7) is 0.388. The fraction of sp³-hybridized carbons (Fsp3) is 0.316. The third-order valence-corrected chi connectivity index (χ3v) is 4.56. The number of quaternary nitrogens is 2. The normalized spacial score (nSPS) is 13.0. The number of rotatable bonds is 7. The number of nitrogens with one attached hydrogen (secondary N) is 1. The van der Waals surface area contributed by atoms with Crippen molar-refractivity contribution in [1.82, 2.24) is 4.98 Å². The van der Waals surface area contributed by atoms with Gasteiger partial charge in [-0.2, -0.15) is 0 Å². The maximum Gasteiger partial charge on any atom is 0.326 e. The highest BCUT2D eigenvalue weighted by molar-refractivity contribution is 6.09. The van der Waals surface area contributed by atoms with Crippen LogP contribution >= 0.6 is 0 Å². The van der Waals surface area contributed by atoms with Gasteiger partial charge in [0, 0.05) is 6.42 Å². The van der Waals surface area contributed by atoms with E-state index in [1.807, 2.05) is 0 Å². The average molecular weight is 386 g/mol. The Morgan fingerprint density at radius 2 is 1.89 bits per heavy atom. The minimum Gasteiger partial charge on any atom is -0.633 e. The van der Waals surface area contributed by atoms with Gasteiger partial charge in [0.25, 0.3) is 0 Å². The number of nitrogens with zero attached hydrogens (tertiary/aromatic N) is 3. The molecular weight excluding hydrogens is 364 g/mol. The van der Waals surface area contributed by atoms with Gasteiger partial charge < -0.3 is 24.9 Å². The topological polar surface area (TPSA) is 116 Å². The van der Waals surface area contributed by atoms with Crippen molar-refractivity contribution < 1.29 is 19.4 Å². The van der Waals surface area contributed by atoms with Crippen LogP contribution in [0.15, 0.2) is 36.4 Å². The predicted molar refractivity (Wildman–Crippen MR) is 106 cm³/mol. The molecule has 0 fully saturated rings. The van der Waals surface area contributed by atoms with Gasteiger partial charge in [-0.1, -0.05) is 12.1 Å². The molecule has 1 heterocycles. The molecule has 0 spiro atoms. The van der Waals surface area contributed by atoms with Crippen LogP contribution in [0.2, 0.25) is 0 Å². The van der Waals surface area contributed by atoms with Crippen LogP contribution in [0.3, 0.4) is 0 Å². The van der Waals surface area contributed by atoms with Crippen LogP contribution in [0.5, 0.6) is 5.75 Å². The van der Waals surface area contributed by atoms with Crippen molar-refractivity contribution >= 4 is 33.2 Å². The number of fused-ring (bicyclic) bond motifs is 2. The number of nitro benzene ring substituents is 1. The molecule has 0 saturated carbocycles. The van der Waals surface area contributed by atoms with Crippen molar-refractivity contribution in [2.75, 3.05) is 34.3 Å². The van der Waals surface area contributed by atoms with E-state index in [-0.39, 0.29) is 40.7 Å². The number of para-hydroxylation sites is 1. The van der Waals surface area contributed by atoms with Crippen molar-refractivity contribution in [3.63, 3.8) is 0 Å². The zero-order valence-corrected chi connectivity index (χ0v) is 16.0. The van der Waals surface area contributed by atoms with Crippen molar-refractivity contribution in [1.29, 1.82) is 0 Å². The fourth-order valence-electron chi connectivity index (χ4n) is 3.33. The highest BCUT2D eigenvalue weighted by Gasteiger charge is 2.28. The number of aromatic nitrogens is 1. The van der Waals surface area contributed by atoms with Gasteiger partial charge in [0.05, 0.1) is 55.6 Å². The molecule has 3 rings (SSSR count). The lowest BCUT2D eigenvalue weighted by Gasteiger charge is -2.34. The quantitative estimate of drug-likeness (QED) is 0.288. The zero-order valence-electron chi connectivity index (χ0n) is 16.0. The molecule has 1 atom stereocenters. The van der Waals surface area contributed by atoms with Crippen LogP contribution in [0.4, 0.5) is 11.4 Å². The Kier molecular flexibility index (Phi) is 5.43. The van der Waals surface area contributed by atoms with Crippen molar-refractivity contribution in [3.05, 3.63) is 56.9 Å². The molecule has 28 heavy (non-hydrogen) atoms. The number of methoxy groups -OCH3 is 1. The van der Waals surface area contributed by atoms with Crippen LogP contribution in [0.1, 0.15) is 6.42 Å². The van der Waals surface area contributed by atoms with Crippen molar-refractivity contribution in [2.45, 2.75) is 6.42 Å². The van der Waals surface area contributed by atoms with Crippen LogP contribution in [-0.2, 0) is 0 Å². The monoisotopic (exact) mass is 386 g/mol. The molecule has 0 aliphatic carbocycles. The smallest absolute Gasteiger partial charge is 0.326 e. The molecule has 0 saturated heterocycles. The molecule has 2 aromatic carbocycles. The van der Waals surface area contributed by atoms with E-state index in [4.69, 9.17) is 4.74 Å². The number of hydroxylamine groups is 4. The molecule has 1 unspecified atom stereocenters. The second kappa shape index (κ2) is 7.64. The number of nitro groups is 1. The Morgan fingerprint density at radius 3 is 2.54 bits per heavy atom. The molecule has 1 aromatic heterocycles. The van der Waals surface area contributed by atoms with Crippen LogP contribution in [0.25, 0.3) is 21.8 Å². The molecule has 0 aliphatic heterocycles. The third kappa shape index (κ3) is 3.87. The van der Waals surface area contributed by atoms with E-state index in [0.717, 1.165) is 0 Å². The van der Waals surface area contributed by atoms with Gasteiger partial charge in [-0.3, -0.25) is 10.1 Å². The summed E-state index contributed by atoms with van der Waals surface area (Å²) in [6.07, 6.45) is 0.380. The van der Waals surface area contributed by atoms with Crippen LogP contribution in [0, 0.1) is 20.5 Å². The Morgan fingerprint density at radius 1 is 1.18 bits per heavy atom. The first-order valence-corrected chi connectivity index (χ1v) is 8.84. The van der Waals surface area contributed by atoms with E-state index in [0.29, 0.717) is 22.8 Å². The highest BCUT2D eigenvalue weighted by Crippen LogP contribution is 2.40. The lowest BCUT2D eigenvalue weighted by Crippen LogP contribution is -3.02. The molecule has 148 valence electrons. The molecule has 0 aliphatic rings. The first-order chi connectivity index (χ1) is 13.2. The van der Waals surface area contributed by atoms with Crippen molar-refractivity contribution in [2.24, 2.45) is 0 Å². The summed E-state index contributed by atoms with van der Waals surface area (Å²) >= 11 is 0. The molecule has 1 N–H and O–H groups in total. The van der Waals surface area contributed by atoms with E-state index >= 15 is 0 Å². The number of hydrogen-bond donors (Lipinski definition) is 1. The van der Waals surface area contributed by atoms with E-state index in [2.05, 4.69) is 4.98 Å². The van der Waals surface area contributed by atoms with Gasteiger partial charge in [-0.25, -0.2) is 4.98 Å². The number of benzene rings is 2. The first-order valence-electron chi connectivity index (χ1n) is 8.84. The summed E-state index contributed by atoms with van der Waals surface area (Å²) in [4.78, 5) is 15.7. The summed E-state index contributed by atoms with van der Waals surface area (Å²) < 4.78 is 4.66. The lowest BCUT2D eigenvalue weighted by molar-refractivity contribution is -0.846. The number of hydrogen-bond acceptors (Lipinski definition) is 6. The molecule has 0 bridgehead atoms. The van der Waals surface area contributed by atoms with E-state index < -0.39 is 9.57 Å². The Bertz CT molecular complexity index is 1030. The average Bonchev–Trinajstić information content (AvgIpc) is 2.63. The van der Waals surface area contributed by atoms with Crippen LogP contribution < -0.4 is 9.80 Å². The van der Waals surface area contributed by atoms with Gasteiger partial charge in [0.2, 0.25) is 0 Å². The predicted octanol–water partition coefficient (Wildman–Crippen LogP) is 2.28. The van der Waals surface area contributed by atoms with Crippen molar-refractivity contribution in [3.8, 4) is 5.75 Å². The molecule has 3 aromatic rings. The maximum atomic E-state index is 13.1. The van der Waals surface area contributed by atoms with E-state index in [1.165, 1.54) is 27.3 Å². The van der Waals surface area contributed by atoms with Gasteiger partial charge in [-0.15, -0.1) is 0 Å². The summed E-state index contributed by atoms with van der Waals surface area (Å²) in [6, 6.07) is 10.1. The Hall–Kier alpha value is -2.85. The SMILES string of the molecule is COc1ccc2nc3ccccc3c([NH+]([O-])CCC[N+](C)(C)[O-])c2c1[N+](=O)[O-]. The molecule has 9 heteroatoms. The minimum absolute atomic E-state index is 0.0704. The second-order valence-corrected chi connectivity index (χ2v) is 7.10. The van der Waals surface area contributed by atoms with E-state index in [1.54, 1.807) is 30.3 Å². The largest absolute Gasteiger partial charge is 0.633 e. The molecule has 0 radical (unpaired) electrons. The van der Waals surface area contributed by atoms with Crippen LogP contribution in [-0.4, -0.2) is 48.8 Å². The maximum absolute atomic E-state index is 13.1. The molecular formula is C19H22N4O5. The fourth-order valence-corrected chi connectivity index (χ4v) is 3.33. The number of ether oxygens (including phenoxy) is 1.